The molecule has 1 aromatic heterocycles. The van der Waals surface area contributed by atoms with Crippen LogP contribution in [0, 0.1) is 0 Å². The summed E-state index contributed by atoms with van der Waals surface area (Å²) in [6.07, 6.45) is 6.20. The van der Waals surface area contributed by atoms with Crippen LogP contribution in [-0.4, -0.2) is 4.98 Å². The molecule has 2 aromatic carbocycles. The zero-order valence-corrected chi connectivity index (χ0v) is 13.4. The maximum atomic E-state index is 5.94. The minimum Gasteiger partial charge on any atom is -0.375 e. The molecule has 3 aromatic rings. The second-order valence-electron chi connectivity index (χ2n) is 6.24. The Kier molecular flexibility index (Phi) is 3.38. The summed E-state index contributed by atoms with van der Waals surface area (Å²) in [4.78, 5) is 4.69. The first-order chi connectivity index (χ1) is 10.8. The predicted molar refractivity (Wildman–Crippen MR) is 94.3 cm³/mol. The van der Waals surface area contributed by atoms with Crippen molar-refractivity contribution in [3.63, 3.8) is 0 Å². The van der Waals surface area contributed by atoms with Gasteiger partial charge in [-0.3, -0.25) is 0 Å². The van der Waals surface area contributed by atoms with E-state index >= 15 is 0 Å². The van der Waals surface area contributed by atoms with E-state index in [1.54, 1.807) is 11.3 Å². The van der Waals surface area contributed by atoms with Crippen molar-refractivity contribution in [3.8, 4) is 0 Å². The fraction of sp³-hybridized carbons (Fsp3) is 0.316. The maximum Gasteiger partial charge on any atom is 0.180 e. The summed E-state index contributed by atoms with van der Waals surface area (Å²) in [7, 11) is 0. The number of nitrogens with zero attached hydrogens (tertiary/aromatic N) is 1. The predicted octanol–water partition coefficient (Wildman–Crippen LogP) is 5.13. The molecule has 0 radical (unpaired) electrons. The third kappa shape index (κ3) is 2.12. The largest absolute Gasteiger partial charge is 0.375 e. The van der Waals surface area contributed by atoms with Gasteiger partial charge in [-0.2, -0.15) is 0 Å². The smallest absolute Gasteiger partial charge is 0.180 e. The van der Waals surface area contributed by atoms with Gasteiger partial charge in [0.2, 0.25) is 0 Å². The Hall–Kier alpha value is -1.87. The van der Waals surface area contributed by atoms with E-state index in [4.69, 9.17) is 5.73 Å². The number of nitrogens with two attached hydrogens (primary N) is 1. The van der Waals surface area contributed by atoms with Gasteiger partial charge in [0.15, 0.2) is 5.13 Å². The first kappa shape index (κ1) is 13.8. The molecule has 2 N–H and O–H groups in total. The Morgan fingerprint density at radius 1 is 0.955 bits per heavy atom. The van der Waals surface area contributed by atoms with E-state index in [0.717, 1.165) is 0 Å². The highest BCUT2D eigenvalue weighted by molar-refractivity contribution is 7.13. The summed E-state index contributed by atoms with van der Waals surface area (Å²) in [5, 5.41) is 5.52. The Morgan fingerprint density at radius 3 is 2.50 bits per heavy atom. The van der Waals surface area contributed by atoms with Crippen LogP contribution in [0.25, 0.3) is 10.8 Å². The van der Waals surface area contributed by atoms with Gasteiger partial charge in [-0.15, -0.1) is 11.3 Å². The zero-order valence-electron chi connectivity index (χ0n) is 12.6. The van der Waals surface area contributed by atoms with Crippen molar-refractivity contribution < 1.29 is 0 Å². The van der Waals surface area contributed by atoms with Gasteiger partial charge in [0, 0.05) is 10.8 Å². The lowest BCUT2D eigenvalue weighted by Gasteiger charge is -2.37. The first-order valence-corrected chi connectivity index (χ1v) is 8.87. The van der Waals surface area contributed by atoms with Crippen LogP contribution in [0.4, 0.5) is 5.13 Å². The lowest BCUT2D eigenvalue weighted by molar-refractivity contribution is 0.342. The summed E-state index contributed by atoms with van der Waals surface area (Å²) in [6.45, 7) is 0. The van der Waals surface area contributed by atoms with E-state index in [-0.39, 0.29) is 5.41 Å². The third-order valence-corrected chi connectivity index (χ3v) is 5.70. The number of nitrogen functional groups attached to an aromatic ring is 1. The SMILES string of the molecule is Nc1nc(C2(c3cccc4ccccc34)CCCCC2)cs1. The van der Waals surface area contributed by atoms with E-state index < -0.39 is 0 Å². The molecule has 1 aliphatic rings. The van der Waals surface area contributed by atoms with Gasteiger partial charge < -0.3 is 5.73 Å². The van der Waals surface area contributed by atoms with Crippen molar-refractivity contribution in [2.24, 2.45) is 0 Å². The molecule has 1 saturated carbocycles. The lowest BCUT2D eigenvalue weighted by atomic mass is 9.66. The number of rotatable bonds is 2. The molecular formula is C19H20N2S. The van der Waals surface area contributed by atoms with Crippen molar-refractivity contribution in [1.82, 2.24) is 4.98 Å². The summed E-state index contributed by atoms with van der Waals surface area (Å²) in [6, 6.07) is 15.4. The monoisotopic (exact) mass is 308 g/mol. The fourth-order valence-electron chi connectivity index (χ4n) is 3.97. The zero-order chi connectivity index (χ0) is 15.0. The van der Waals surface area contributed by atoms with E-state index in [2.05, 4.69) is 52.8 Å². The van der Waals surface area contributed by atoms with Gasteiger partial charge in [-0.25, -0.2) is 4.98 Å². The van der Waals surface area contributed by atoms with E-state index in [1.807, 2.05) is 0 Å². The van der Waals surface area contributed by atoms with E-state index in [0.29, 0.717) is 5.13 Å². The average molecular weight is 308 g/mol. The summed E-state index contributed by atoms with van der Waals surface area (Å²) < 4.78 is 0. The Balaban J connectivity index is 1.97. The molecule has 0 spiro atoms. The Morgan fingerprint density at radius 2 is 1.73 bits per heavy atom. The number of aromatic nitrogens is 1. The highest BCUT2D eigenvalue weighted by Crippen LogP contribution is 2.47. The molecule has 0 unspecified atom stereocenters. The highest BCUT2D eigenvalue weighted by atomic mass is 32.1. The van der Waals surface area contributed by atoms with Crippen LogP contribution in [0.3, 0.4) is 0 Å². The minimum absolute atomic E-state index is 0.0350. The number of fused-ring (bicyclic) bond motifs is 1. The number of hydrogen-bond acceptors (Lipinski definition) is 3. The van der Waals surface area contributed by atoms with Crippen LogP contribution in [0.5, 0.6) is 0 Å². The van der Waals surface area contributed by atoms with Crippen molar-refractivity contribution >= 4 is 27.2 Å². The fourth-order valence-corrected chi connectivity index (χ4v) is 4.63. The molecule has 2 nitrogen and oxygen atoms in total. The number of thiazole rings is 1. The van der Waals surface area contributed by atoms with Gasteiger partial charge in [0.05, 0.1) is 5.69 Å². The van der Waals surface area contributed by atoms with Crippen LogP contribution in [0.2, 0.25) is 0 Å². The third-order valence-electron chi connectivity index (χ3n) is 5.02. The van der Waals surface area contributed by atoms with Crippen molar-refractivity contribution in [2.45, 2.75) is 37.5 Å². The van der Waals surface area contributed by atoms with Gasteiger partial charge in [-0.1, -0.05) is 61.7 Å². The standard InChI is InChI=1S/C19H20N2S/c20-18-21-17(13-22-18)19(11-4-1-5-12-19)16-10-6-8-14-7-2-3-9-15(14)16/h2-3,6-10,13H,1,4-5,11-12H2,(H2,20,21). The van der Waals surface area contributed by atoms with Gasteiger partial charge >= 0.3 is 0 Å². The quantitative estimate of drug-likeness (QED) is 0.713. The van der Waals surface area contributed by atoms with Gasteiger partial charge in [0.1, 0.15) is 0 Å². The van der Waals surface area contributed by atoms with E-state index in [1.165, 1.54) is 54.1 Å². The average Bonchev–Trinajstić information content (AvgIpc) is 3.02. The van der Waals surface area contributed by atoms with Crippen LogP contribution in [0.15, 0.2) is 47.8 Å². The number of anilines is 1. The summed E-state index contributed by atoms with van der Waals surface area (Å²) in [5.41, 5.74) is 8.58. The Labute approximate surface area is 135 Å². The molecule has 4 rings (SSSR count). The molecule has 3 heteroatoms. The Bertz CT molecular complexity index is 795. The molecule has 112 valence electrons. The highest BCUT2D eigenvalue weighted by Gasteiger charge is 2.38. The molecule has 22 heavy (non-hydrogen) atoms. The topological polar surface area (TPSA) is 38.9 Å². The normalized spacial score (nSPS) is 17.6. The van der Waals surface area contributed by atoms with Crippen molar-refractivity contribution in [1.29, 1.82) is 0 Å². The van der Waals surface area contributed by atoms with Crippen molar-refractivity contribution in [2.75, 3.05) is 5.73 Å². The summed E-state index contributed by atoms with van der Waals surface area (Å²) >= 11 is 1.56. The minimum atomic E-state index is 0.0350. The summed E-state index contributed by atoms with van der Waals surface area (Å²) in [5.74, 6) is 0. The first-order valence-electron chi connectivity index (χ1n) is 7.99. The number of benzene rings is 2. The van der Waals surface area contributed by atoms with Crippen LogP contribution >= 0.6 is 11.3 Å². The molecular weight excluding hydrogens is 288 g/mol. The lowest BCUT2D eigenvalue weighted by Crippen LogP contribution is -2.31. The van der Waals surface area contributed by atoms with Crippen LogP contribution in [-0.2, 0) is 5.41 Å². The number of hydrogen-bond donors (Lipinski definition) is 1. The molecule has 0 saturated heterocycles. The molecule has 0 aliphatic heterocycles. The molecule has 0 amide bonds. The molecule has 1 heterocycles. The van der Waals surface area contributed by atoms with Gasteiger partial charge in [-0.05, 0) is 29.2 Å². The molecule has 1 aliphatic carbocycles. The molecule has 0 bridgehead atoms. The van der Waals surface area contributed by atoms with E-state index in [9.17, 15) is 0 Å². The maximum absolute atomic E-state index is 5.94. The second kappa shape index (κ2) is 5.40. The van der Waals surface area contributed by atoms with Crippen LogP contribution < -0.4 is 5.73 Å². The van der Waals surface area contributed by atoms with Gasteiger partial charge in [0.25, 0.3) is 0 Å². The second-order valence-corrected chi connectivity index (χ2v) is 7.13. The van der Waals surface area contributed by atoms with Crippen molar-refractivity contribution in [3.05, 3.63) is 59.1 Å². The molecule has 1 fully saturated rings. The van der Waals surface area contributed by atoms with Crippen LogP contribution in [0.1, 0.15) is 43.4 Å². The molecule has 0 atom stereocenters.